The van der Waals surface area contributed by atoms with Crippen LogP contribution in [0.4, 0.5) is 0 Å². The Morgan fingerprint density at radius 2 is 1.86 bits per heavy atom. The Hall–Kier alpha value is -4.52. The molecule has 0 amide bonds. The topological polar surface area (TPSA) is 184 Å². The first-order valence-corrected chi connectivity index (χ1v) is 19.5. The zero-order chi connectivity index (χ0) is 41.1. The van der Waals surface area contributed by atoms with E-state index in [0.29, 0.717) is 55.1 Å². The van der Waals surface area contributed by atoms with Crippen molar-refractivity contribution in [3.8, 4) is 17.6 Å². The van der Waals surface area contributed by atoms with Crippen LogP contribution >= 0.6 is 23.2 Å². The van der Waals surface area contributed by atoms with Gasteiger partial charge in [0.2, 0.25) is 0 Å². The van der Waals surface area contributed by atoms with Crippen LogP contribution in [-0.4, -0.2) is 105 Å². The number of nitrogens with one attached hydrogen (secondary N) is 1. The first-order chi connectivity index (χ1) is 27.3. The number of aliphatic hydroxyl groups excluding tert-OH is 1. The number of benzene rings is 2. The molecule has 57 heavy (non-hydrogen) atoms. The standard InChI is InChI=1S/C42H48Cl2N4O9/c1-3-54-39(52)41(53)13-16-48(17-14-41)15-8-18-57-42(12-7-11-33(40(42,2)44)31-9-5-4-6-10-31)28-56-37-21-36(55-27-30-19-29(22-45)23-46-24-30)32(20-34(37)43)25-47-35(26-49)38(50)51/h4-7,9-12,19-21,23-24,35,47,49,53H,3,8,13-18,25-28H2,1-2H3,(H,50,51). The summed E-state index contributed by atoms with van der Waals surface area (Å²) in [5, 5.41) is 42.2. The Kier molecular flexibility index (Phi) is 15.1. The van der Waals surface area contributed by atoms with Crippen LogP contribution in [0, 0.1) is 11.3 Å². The quantitative estimate of drug-likeness (QED) is 0.0696. The fourth-order valence-electron chi connectivity index (χ4n) is 6.79. The minimum atomic E-state index is -1.47. The lowest BCUT2D eigenvalue weighted by Gasteiger charge is -2.45. The molecule has 2 aromatic carbocycles. The van der Waals surface area contributed by atoms with E-state index in [9.17, 15) is 30.2 Å². The van der Waals surface area contributed by atoms with Gasteiger partial charge in [-0.15, -0.1) is 11.6 Å². The third-order valence-corrected chi connectivity index (χ3v) is 11.0. The van der Waals surface area contributed by atoms with Gasteiger partial charge < -0.3 is 39.2 Å². The van der Waals surface area contributed by atoms with Gasteiger partial charge in [0, 0.05) is 62.4 Å². The number of ether oxygens (including phenoxy) is 4. The number of likely N-dealkylation sites (tertiary alicyclic amines) is 1. The van der Waals surface area contributed by atoms with E-state index in [1.54, 1.807) is 31.3 Å². The molecular formula is C42H48Cl2N4O9. The highest BCUT2D eigenvalue weighted by Gasteiger charge is 2.51. The van der Waals surface area contributed by atoms with Gasteiger partial charge in [-0.25, -0.2) is 4.79 Å². The smallest absolute Gasteiger partial charge is 0.338 e. The first kappa shape index (κ1) is 43.6. The Balaban J connectivity index is 1.37. The number of rotatable bonds is 19. The van der Waals surface area contributed by atoms with Gasteiger partial charge in [-0.2, -0.15) is 5.26 Å². The summed E-state index contributed by atoms with van der Waals surface area (Å²) in [6.07, 6.45) is 9.93. The number of pyridine rings is 1. The lowest BCUT2D eigenvalue weighted by molar-refractivity contribution is -0.170. The van der Waals surface area contributed by atoms with Crippen molar-refractivity contribution in [1.29, 1.82) is 5.26 Å². The Morgan fingerprint density at radius 1 is 1.11 bits per heavy atom. The highest BCUT2D eigenvalue weighted by atomic mass is 35.5. The normalized spacial score (nSPS) is 20.9. The molecule has 0 spiro atoms. The summed E-state index contributed by atoms with van der Waals surface area (Å²) in [6.45, 7) is 5.15. The number of nitriles is 1. The monoisotopic (exact) mass is 822 g/mol. The van der Waals surface area contributed by atoms with E-state index < -0.39 is 40.7 Å². The Bertz CT molecular complexity index is 1960. The molecule has 3 atom stereocenters. The van der Waals surface area contributed by atoms with Gasteiger partial charge in [-0.1, -0.05) is 54.1 Å². The van der Waals surface area contributed by atoms with E-state index in [1.165, 1.54) is 6.20 Å². The lowest BCUT2D eigenvalue weighted by Crippen LogP contribution is -2.55. The van der Waals surface area contributed by atoms with Gasteiger partial charge in [0.1, 0.15) is 47.3 Å². The summed E-state index contributed by atoms with van der Waals surface area (Å²) < 4.78 is 24.5. The Morgan fingerprint density at radius 3 is 2.54 bits per heavy atom. The average molecular weight is 824 g/mol. The number of aromatic nitrogens is 1. The van der Waals surface area contributed by atoms with E-state index in [0.717, 1.165) is 11.1 Å². The molecular weight excluding hydrogens is 775 g/mol. The molecule has 1 aliphatic heterocycles. The maximum atomic E-state index is 12.3. The number of carboxylic acid groups (broad SMARTS) is 1. The number of hydrogen-bond donors (Lipinski definition) is 4. The molecule has 0 radical (unpaired) electrons. The van der Waals surface area contributed by atoms with Crippen LogP contribution in [-0.2, 0) is 32.2 Å². The second-order valence-corrected chi connectivity index (χ2v) is 15.3. The molecule has 5 rings (SSSR count). The summed E-state index contributed by atoms with van der Waals surface area (Å²) in [5.41, 5.74) is 0.547. The van der Waals surface area contributed by atoms with Crippen LogP contribution in [0.25, 0.3) is 5.57 Å². The summed E-state index contributed by atoms with van der Waals surface area (Å²) in [6, 6.07) is 15.4. The summed E-state index contributed by atoms with van der Waals surface area (Å²) in [7, 11) is 0. The fourth-order valence-corrected chi connectivity index (χ4v) is 7.37. The molecule has 1 aliphatic carbocycles. The van der Waals surface area contributed by atoms with Crippen LogP contribution in [0.15, 0.2) is 79.2 Å². The predicted molar refractivity (Wildman–Crippen MR) is 214 cm³/mol. The number of carboxylic acids is 1. The number of alkyl halides is 1. The highest BCUT2D eigenvalue weighted by molar-refractivity contribution is 6.32. The number of piperidine rings is 1. The molecule has 3 unspecified atom stereocenters. The number of esters is 1. The van der Waals surface area contributed by atoms with E-state index in [2.05, 4.69) is 21.3 Å². The van der Waals surface area contributed by atoms with Crippen molar-refractivity contribution in [2.75, 3.05) is 46.1 Å². The maximum Gasteiger partial charge on any atom is 0.338 e. The Labute approximate surface area is 342 Å². The van der Waals surface area contributed by atoms with Crippen molar-refractivity contribution >= 4 is 40.7 Å². The van der Waals surface area contributed by atoms with Crippen LogP contribution in [0.3, 0.4) is 0 Å². The van der Waals surface area contributed by atoms with Gasteiger partial charge in [0.05, 0.1) is 23.8 Å². The number of aliphatic carboxylic acids is 1. The van der Waals surface area contributed by atoms with Gasteiger partial charge in [-0.3, -0.25) is 15.1 Å². The van der Waals surface area contributed by atoms with Crippen molar-refractivity contribution in [3.63, 3.8) is 0 Å². The van der Waals surface area contributed by atoms with Gasteiger partial charge >= 0.3 is 11.9 Å². The summed E-state index contributed by atoms with van der Waals surface area (Å²) in [4.78, 5) is 29.1. The zero-order valence-electron chi connectivity index (χ0n) is 32.0. The van der Waals surface area contributed by atoms with Gasteiger partial charge in [0.25, 0.3) is 0 Å². The van der Waals surface area contributed by atoms with Crippen LogP contribution in [0.5, 0.6) is 11.5 Å². The zero-order valence-corrected chi connectivity index (χ0v) is 33.5. The number of allylic oxidation sites excluding steroid dienone is 2. The molecule has 0 bridgehead atoms. The molecule has 0 saturated carbocycles. The van der Waals surface area contributed by atoms with Crippen molar-refractivity contribution in [2.24, 2.45) is 0 Å². The first-order valence-electron chi connectivity index (χ1n) is 18.7. The van der Waals surface area contributed by atoms with E-state index >= 15 is 0 Å². The molecule has 304 valence electrons. The number of nitrogens with zero attached hydrogens (tertiary/aromatic N) is 3. The molecule has 1 saturated heterocycles. The number of halogens is 2. The molecule has 1 aromatic heterocycles. The second-order valence-electron chi connectivity index (χ2n) is 14.1. The van der Waals surface area contributed by atoms with Crippen molar-refractivity contribution in [1.82, 2.24) is 15.2 Å². The SMILES string of the molecule is CCOC(=O)C1(O)CCN(CCCOC2(COc3cc(OCc4cncc(C#N)c4)c(CNC(CO)C(=O)O)cc3Cl)C=CC=C(c3ccccc3)C2(C)Cl)CC1. The summed E-state index contributed by atoms with van der Waals surface area (Å²) >= 11 is 14.4. The predicted octanol–water partition coefficient (Wildman–Crippen LogP) is 5.29. The fraction of sp³-hybridized carbons (Fsp3) is 0.429. The molecule has 2 aliphatic rings. The minimum Gasteiger partial charge on any atom is -0.488 e. The van der Waals surface area contributed by atoms with Crippen LogP contribution < -0.4 is 14.8 Å². The van der Waals surface area contributed by atoms with E-state index in [4.69, 9.17) is 42.1 Å². The van der Waals surface area contributed by atoms with E-state index in [-0.39, 0.29) is 50.0 Å². The van der Waals surface area contributed by atoms with Crippen molar-refractivity contribution < 1.29 is 43.9 Å². The third-order valence-electron chi connectivity index (χ3n) is 10.2. The number of aliphatic hydroxyl groups is 2. The van der Waals surface area contributed by atoms with E-state index in [1.807, 2.05) is 55.5 Å². The largest absolute Gasteiger partial charge is 0.488 e. The average Bonchev–Trinajstić information content (AvgIpc) is 3.20. The third kappa shape index (κ3) is 10.7. The lowest BCUT2D eigenvalue weighted by atomic mass is 9.76. The van der Waals surface area contributed by atoms with Crippen molar-refractivity contribution in [3.05, 3.63) is 106 Å². The maximum absolute atomic E-state index is 12.3. The molecule has 4 N–H and O–H groups in total. The van der Waals surface area contributed by atoms with Gasteiger partial charge in [-0.05, 0) is 62.5 Å². The highest BCUT2D eigenvalue weighted by Crippen LogP contribution is 2.48. The molecule has 3 aromatic rings. The van der Waals surface area contributed by atoms with Crippen LogP contribution in [0.1, 0.15) is 55.4 Å². The summed E-state index contributed by atoms with van der Waals surface area (Å²) in [5.74, 6) is -1.24. The molecule has 2 heterocycles. The van der Waals surface area contributed by atoms with Crippen LogP contribution in [0.2, 0.25) is 5.02 Å². The van der Waals surface area contributed by atoms with Crippen molar-refractivity contribution in [2.45, 2.75) is 68.4 Å². The van der Waals surface area contributed by atoms with Gasteiger partial charge in [0.15, 0.2) is 5.60 Å². The number of hydrogen-bond acceptors (Lipinski definition) is 12. The minimum absolute atomic E-state index is 0.0107. The number of carbonyl (C=O) groups excluding carboxylic acids is 1. The molecule has 15 heteroatoms. The second kappa shape index (κ2) is 19.8. The molecule has 13 nitrogen and oxygen atoms in total. The molecule has 1 fully saturated rings. The number of carbonyl (C=O) groups is 2.